The highest BCUT2D eigenvalue weighted by molar-refractivity contribution is 6.02. The number of amides is 2. The van der Waals surface area contributed by atoms with Crippen molar-refractivity contribution in [1.29, 1.82) is 0 Å². The van der Waals surface area contributed by atoms with E-state index < -0.39 is 5.66 Å². The smallest absolute Gasteiger partial charge is 0.257 e. The van der Waals surface area contributed by atoms with Crippen LogP contribution in [-0.2, 0) is 7.05 Å². The van der Waals surface area contributed by atoms with Gasteiger partial charge >= 0.3 is 0 Å². The van der Waals surface area contributed by atoms with E-state index in [0.29, 0.717) is 24.2 Å². The minimum Gasteiger partial charge on any atom is -0.361 e. The Kier molecular flexibility index (Phi) is 3.52. The van der Waals surface area contributed by atoms with Crippen molar-refractivity contribution in [2.45, 2.75) is 25.4 Å². The molecule has 1 spiro atoms. The molecule has 1 atom stereocenters. The number of hydrogen-bond acceptors (Lipinski definition) is 4. The van der Waals surface area contributed by atoms with Crippen LogP contribution in [0.4, 0.5) is 5.69 Å². The van der Waals surface area contributed by atoms with Crippen molar-refractivity contribution in [2.75, 3.05) is 18.4 Å². The molecule has 1 saturated heterocycles. The maximum Gasteiger partial charge on any atom is 0.257 e. The Morgan fingerprint density at radius 1 is 1.28 bits per heavy atom. The lowest BCUT2D eigenvalue weighted by Crippen LogP contribution is -2.66. The van der Waals surface area contributed by atoms with Gasteiger partial charge in [0.15, 0.2) is 0 Å². The molecule has 2 N–H and O–H groups in total. The van der Waals surface area contributed by atoms with Crippen molar-refractivity contribution in [3.05, 3.63) is 47.3 Å². The normalized spacial score (nSPS) is 22.3. The standard InChI is InChI=1S/C18H21N5O2/c1-12-14(10-22(2)21-12)17(25)23-9-5-8-18(11-23)19-15-7-4-3-6-13(15)16(24)20-18/h3-4,6-7,10,19H,5,8-9,11H2,1-2H3,(H,20,24). The predicted octanol–water partition coefficient (Wildman–Crippen LogP) is 1.52. The molecule has 1 fully saturated rings. The van der Waals surface area contributed by atoms with Crippen molar-refractivity contribution < 1.29 is 9.59 Å². The molecular formula is C18H21N5O2. The van der Waals surface area contributed by atoms with Crippen LogP contribution in [0.25, 0.3) is 0 Å². The van der Waals surface area contributed by atoms with E-state index in [1.165, 1.54) is 0 Å². The van der Waals surface area contributed by atoms with Crippen LogP contribution in [0.3, 0.4) is 0 Å². The van der Waals surface area contributed by atoms with Gasteiger partial charge in [-0.3, -0.25) is 14.3 Å². The molecular weight excluding hydrogens is 318 g/mol. The molecule has 1 aromatic carbocycles. The molecule has 0 saturated carbocycles. The van der Waals surface area contributed by atoms with Crippen LogP contribution in [0.5, 0.6) is 0 Å². The minimum atomic E-state index is -0.616. The average molecular weight is 339 g/mol. The number of nitrogens with zero attached hydrogens (tertiary/aromatic N) is 3. The largest absolute Gasteiger partial charge is 0.361 e. The van der Waals surface area contributed by atoms with Gasteiger partial charge in [0.1, 0.15) is 5.66 Å². The number of para-hydroxylation sites is 1. The lowest BCUT2D eigenvalue weighted by atomic mass is 9.93. The Morgan fingerprint density at radius 3 is 2.84 bits per heavy atom. The van der Waals surface area contributed by atoms with Crippen LogP contribution in [0.2, 0.25) is 0 Å². The number of fused-ring (bicyclic) bond motifs is 1. The third-order valence-corrected chi connectivity index (χ3v) is 4.92. The summed E-state index contributed by atoms with van der Waals surface area (Å²) >= 11 is 0. The quantitative estimate of drug-likeness (QED) is 0.826. The number of benzene rings is 1. The highest BCUT2D eigenvalue weighted by Crippen LogP contribution is 2.31. The van der Waals surface area contributed by atoms with Gasteiger partial charge in [-0.25, -0.2) is 0 Å². The van der Waals surface area contributed by atoms with Gasteiger partial charge in [-0.15, -0.1) is 0 Å². The number of rotatable bonds is 1. The van der Waals surface area contributed by atoms with Crippen molar-refractivity contribution in [3.8, 4) is 0 Å². The summed E-state index contributed by atoms with van der Waals surface area (Å²) in [5.74, 6) is -0.138. The molecule has 0 aliphatic carbocycles. The van der Waals surface area contributed by atoms with Gasteiger partial charge in [-0.2, -0.15) is 5.10 Å². The van der Waals surface area contributed by atoms with Crippen LogP contribution >= 0.6 is 0 Å². The zero-order chi connectivity index (χ0) is 17.6. The van der Waals surface area contributed by atoms with E-state index in [1.807, 2.05) is 25.1 Å². The number of hydrogen-bond donors (Lipinski definition) is 2. The molecule has 1 unspecified atom stereocenters. The van der Waals surface area contributed by atoms with Gasteiger partial charge < -0.3 is 15.5 Å². The van der Waals surface area contributed by atoms with Crippen LogP contribution in [0, 0.1) is 6.92 Å². The number of carbonyl (C=O) groups excluding carboxylic acids is 2. The van der Waals surface area contributed by atoms with Crippen molar-refractivity contribution in [3.63, 3.8) is 0 Å². The summed E-state index contributed by atoms with van der Waals surface area (Å²) in [5, 5.41) is 10.8. The second-order valence-corrected chi connectivity index (χ2v) is 6.84. The fourth-order valence-electron chi connectivity index (χ4n) is 3.78. The van der Waals surface area contributed by atoms with Crippen molar-refractivity contribution >= 4 is 17.5 Å². The van der Waals surface area contributed by atoms with E-state index in [9.17, 15) is 9.59 Å². The van der Waals surface area contributed by atoms with Crippen molar-refractivity contribution in [1.82, 2.24) is 20.0 Å². The maximum absolute atomic E-state index is 12.9. The SMILES string of the molecule is Cc1nn(C)cc1C(=O)N1CCCC2(C1)NC(=O)c1ccccc1N2. The summed E-state index contributed by atoms with van der Waals surface area (Å²) < 4.78 is 1.65. The first-order valence-electron chi connectivity index (χ1n) is 8.47. The number of aromatic nitrogens is 2. The molecule has 2 aliphatic heterocycles. The molecule has 2 aromatic rings. The Bertz CT molecular complexity index is 859. The van der Waals surface area contributed by atoms with E-state index in [2.05, 4.69) is 15.7 Å². The molecule has 7 heteroatoms. The first-order valence-corrected chi connectivity index (χ1v) is 8.47. The summed E-state index contributed by atoms with van der Waals surface area (Å²) in [5.41, 5.74) is 2.17. The topological polar surface area (TPSA) is 79.3 Å². The third-order valence-electron chi connectivity index (χ3n) is 4.92. The fourth-order valence-corrected chi connectivity index (χ4v) is 3.78. The van der Waals surface area contributed by atoms with Gasteiger partial charge in [0.2, 0.25) is 0 Å². The van der Waals surface area contributed by atoms with Crippen molar-refractivity contribution in [2.24, 2.45) is 7.05 Å². The first-order chi connectivity index (χ1) is 12.0. The fraction of sp³-hybridized carbons (Fsp3) is 0.389. The molecule has 1 aromatic heterocycles. The maximum atomic E-state index is 12.9. The zero-order valence-electron chi connectivity index (χ0n) is 14.4. The number of carbonyl (C=O) groups is 2. The number of anilines is 1. The molecule has 2 aliphatic rings. The van der Waals surface area contributed by atoms with E-state index in [0.717, 1.165) is 24.2 Å². The zero-order valence-corrected chi connectivity index (χ0v) is 14.4. The Hall–Kier alpha value is -2.83. The summed E-state index contributed by atoms with van der Waals surface area (Å²) in [4.78, 5) is 27.2. The van der Waals surface area contributed by atoms with Gasteiger partial charge in [0.25, 0.3) is 11.8 Å². The van der Waals surface area contributed by atoms with Gasteiger partial charge in [-0.05, 0) is 31.9 Å². The third kappa shape index (κ3) is 2.65. The van der Waals surface area contributed by atoms with Crippen LogP contribution in [0.1, 0.15) is 39.3 Å². The van der Waals surface area contributed by atoms with Crippen LogP contribution in [0.15, 0.2) is 30.5 Å². The molecule has 7 nitrogen and oxygen atoms in total. The second kappa shape index (κ2) is 5.61. The van der Waals surface area contributed by atoms with E-state index in [4.69, 9.17) is 0 Å². The van der Waals surface area contributed by atoms with E-state index in [1.54, 1.807) is 28.9 Å². The Balaban J connectivity index is 1.60. The summed E-state index contributed by atoms with van der Waals surface area (Å²) in [7, 11) is 1.81. The lowest BCUT2D eigenvalue weighted by Gasteiger charge is -2.46. The lowest BCUT2D eigenvalue weighted by molar-refractivity contribution is 0.0592. The summed E-state index contributed by atoms with van der Waals surface area (Å²) in [6, 6.07) is 7.46. The Labute approximate surface area is 146 Å². The molecule has 130 valence electrons. The van der Waals surface area contributed by atoms with Crippen LogP contribution < -0.4 is 10.6 Å². The van der Waals surface area contributed by atoms with Gasteiger partial charge in [-0.1, -0.05) is 12.1 Å². The number of piperidine rings is 1. The molecule has 0 radical (unpaired) electrons. The highest BCUT2D eigenvalue weighted by Gasteiger charge is 2.42. The van der Waals surface area contributed by atoms with Gasteiger partial charge in [0, 0.05) is 25.5 Å². The summed E-state index contributed by atoms with van der Waals surface area (Å²) in [6.45, 7) is 2.94. The Morgan fingerprint density at radius 2 is 2.08 bits per heavy atom. The molecule has 3 heterocycles. The predicted molar refractivity (Wildman–Crippen MR) is 93.3 cm³/mol. The monoisotopic (exact) mass is 339 g/mol. The number of nitrogens with one attached hydrogen (secondary N) is 2. The molecule has 4 rings (SSSR count). The highest BCUT2D eigenvalue weighted by atomic mass is 16.2. The van der Waals surface area contributed by atoms with Gasteiger partial charge in [0.05, 0.1) is 23.4 Å². The number of likely N-dealkylation sites (tertiary alicyclic amines) is 1. The number of aryl methyl sites for hydroxylation is 2. The first kappa shape index (κ1) is 15.7. The van der Waals surface area contributed by atoms with E-state index >= 15 is 0 Å². The second-order valence-electron chi connectivity index (χ2n) is 6.84. The van der Waals surface area contributed by atoms with E-state index in [-0.39, 0.29) is 11.8 Å². The average Bonchev–Trinajstić information content (AvgIpc) is 2.92. The minimum absolute atomic E-state index is 0.0421. The molecule has 0 bridgehead atoms. The summed E-state index contributed by atoms with van der Waals surface area (Å²) in [6.07, 6.45) is 3.35. The van der Waals surface area contributed by atoms with Crippen LogP contribution in [-0.4, -0.2) is 45.2 Å². The molecule has 25 heavy (non-hydrogen) atoms. The molecule has 2 amide bonds.